The first-order chi connectivity index (χ1) is 13.9. The van der Waals surface area contributed by atoms with E-state index in [1.54, 1.807) is 42.5 Å². The van der Waals surface area contributed by atoms with E-state index in [1.165, 1.54) is 31.4 Å². The van der Waals surface area contributed by atoms with Crippen molar-refractivity contribution in [2.24, 2.45) is 0 Å². The Balaban J connectivity index is 1.73. The summed E-state index contributed by atoms with van der Waals surface area (Å²) in [5.41, 5.74) is 1.50. The second-order valence-corrected chi connectivity index (χ2v) is 8.25. The summed E-state index contributed by atoms with van der Waals surface area (Å²) in [6.07, 6.45) is 0. The highest BCUT2D eigenvalue weighted by molar-refractivity contribution is 7.93. The molecule has 0 spiro atoms. The maximum atomic E-state index is 13.9. The summed E-state index contributed by atoms with van der Waals surface area (Å²) in [7, 11) is -2.52. The zero-order valence-electron chi connectivity index (χ0n) is 15.4. The van der Waals surface area contributed by atoms with Crippen molar-refractivity contribution < 1.29 is 22.3 Å². The summed E-state index contributed by atoms with van der Waals surface area (Å²) in [6, 6.07) is 17.0. The molecule has 0 aromatic heterocycles. The minimum atomic E-state index is -3.99. The molecule has 1 aliphatic heterocycles. The summed E-state index contributed by atoms with van der Waals surface area (Å²) in [6.45, 7) is -0.465. The Morgan fingerprint density at radius 2 is 1.76 bits per heavy atom. The monoisotopic (exact) mass is 412 g/mol. The van der Waals surface area contributed by atoms with Crippen LogP contribution in [-0.4, -0.2) is 28.0 Å². The van der Waals surface area contributed by atoms with Crippen molar-refractivity contribution in [1.82, 2.24) is 0 Å². The van der Waals surface area contributed by atoms with Crippen molar-refractivity contribution in [2.75, 3.05) is 23.3 Å². The Bertz CT molecular complexity index is 1210. The number of nitrogens with zero attached hydrogens (tertiary/aromatic N) is 1. The fraction of sp³-hybridized carbons (Fsp3) is 0.0952. The van der Waals surface area contributed by atoms with Crippen LogP contribution in [0.2, 0.25) is 0 Å². The number of hydrogen-bond donors (Lipinski definition) is 1. The van der Waals surface area contributed by atoms with Crippen LogP contribution in [0.3, 0.4) is 0 Å². The number of carbonyl (C=O) groups is 1. The lowest BCUT2D eigenvalue weighted by atomic mass is 10.0. The number of hydrogen-bond acceptors (Lipinski definition) is 4. The van der Waals surface area contributed by atoms with Gasteiger partial charge in [0.2, 0.25) is 5.91 Å². The third-order valence-corrected chi connectivity index (χ3v) is 6.46. The zero-order chi connectivity index (χ0) is 20.6. The minimum absolute atomic E-state index is 0.0307. The van der Waals surface area contributed by atoms with Gasteiger partial charge < -0.3 is 10.1 Å². The van der Waals surface area contributed by atoms with Crippen LogP contribution in [0.5, 0.6) is 5.75 Å². The van der Waals surface area contributed by atoms with Gasteiger partial charge in [0.1, 0.15) is 18.1 Å². The van der Waals surface area contributed by atoms with Gasteiger partial charge in [-0.05, 0) is 36.4 Å². The molecule has 148 valence electrons. The van der Waals surface area contributed by atoms with Crippen LogP contribution in [0.1, 0.15) is 0 Å². The topological polar surface area (TPSA) is 75.7 Å². The highest BCUT2D eigenvalue weighted by atomic mass is 32.2. The summed E-state index contributed by atoms with van der Waals surface area (Å²) < 4.78 is 46.5. The highest BCUT2D eigenvalue weighted by Gasteiger charge is 2.36. The van der Waals surface area contributed by atoms with Crippen molar-refractivity contribution in [3.63, 3.8) is 0 Å². The average molecular weight is 412 g/mol. The van der Waals surface area contributed by atoms with Gasteiger partial charge in [-0.15, -0.1) is 0 Å². The first-order valence-corrected chi connectivity index (χ1v) is 10.2. The Morgan fingerprint density at radius 3 is 2.55 bits per heavy atom. The normalized spacial score (nSPS) is 13.9. The SMILES string of the molecule is COc1ccccc1NC(=O)CN1c2ccc(F)cc2-c2ccccc2S1(=O)=O. The molecule has 3 aromatic rings. The Kier molecular flexibility index (Phi) is 4.71. The van der Waals surface area contributed by atoms with Crippen molar-refractivity contribution in [2.45, 2.75) is 4.90 Å². The largest absolute Gasteiger partial charge is 0.495 e. The van der Waals surface area contributed by atoms with Gasteiger partial charge in [-0.2, -0.15) is 0 Å². The molecule has 0 saturated carbocycles. The molecule has 0 aliphatic carbocycles. The van der Waals surface area contributed by atoms with Gasteiger partial charge in [-0.25, -0.2) is 12.8 Å². The predicted molar refractivity (Wildman–Crippen MR) is 108 cm³/mol. The number of sulfonamides is 1. The lowest BCUT2D eigenvalue weighted by Gasteiger charge is -2.31. The molecule has 3 aromatic carbocycles. The van der Waals surface area contributed by atoms with Crippen molar-refractivity contribution in [3.05, 3.63) is 72.5 Å². The van der Waals surface area contributed by atoms with Crippen LogP contribution in [0, 0.1) is 5.82 Å². The first-order valence-electron chi connectivity index (χ1n) is 8.76. The number of para-hydroxylation sites is 2. The highest BCUT2D eigenvalue weighted by Crippen LogP contribution is 2.43. The molecule has 0 fully saturated rings. The van der Waals surface area contributed by atoms with E-state index in [9.17, 15) is 17.6 Å². The van der Waals surface area contributed by atoms with Gasteiger partial charge in [0, 0.05) is 11.1 Å². The first kappa shape index (κ1) is 18.9. The van der Waals surface area contributed by atoms with Gasteiger partial charge >= 0.3 is 0 Å². The van der Waals surface area contributed by atoms with E-state index in [4.69, 9.17) is 4.74 Å². The van der Waals surface area contributed by atoms with E-state index < -0.39 is 28.3 Å². The van der Waals surface area contributed by atoms with Crippen LogP contribution in [-0.2, 0) is 14.8 Å². The number of amides is 1. The van der Waals surface area contributed by atoms with Gasteiger partial charge in [0.05, 0.1) is 23.4 Å². The molecule has 4 rings (SSSR count). The summed E-state index contributed by atoms with van der Waals surface area (Å²) in [4.78, 5) is 12.7. The molecule has 0 radical (unpaired) electrons. The number of ether oxygens (including phenoxy) is 1. The summed E-state index contributed by atoms with van der Waals surface area (Å²) in [5, 5.41) is 2.67. The van der Waals surface area contributed by atoms with E-state index in [-0.39, 0.29) is 10.6 Å². The van der Waals surface area contributed by atoms with Crippen LogP contribution in [0.4, 0.5) is 15.8 Å². The number of carbonyl (C=O) groups excluding carboxylic acids is 1. The fourth-order valence-corrected chi connectivity index (χ4v) is 4.99. The number of anilines is 2. The molecule has 1 heterocycles. The lowest BCUT2D eigenvalue weighted by Crippen LogP contribution is -2.40. The van der Waals surface area contributed by atoms with E-state index in [0.29, 0.717) is 22.6 Å². The molecule has 1 aliphatic rings. The van der Waals surface area contributed by atoms with Crippen LogP contribution in [0.25, 0.3) is 11.1 Å². The Labute approximate surface area is 167 Å². The van der Waals surface area contributed by atoms with E-state index >= 15 is 0 Å². The maximum absolute atomic E-state index is 13.9. The zero-order valence-corrected chi connectivity index (χ0v) is 16.2. The quantitative estimate of drug-likeness (QED) is 0.710. The van der Waals surface area contributed by atoms with Crippen LogP contribution >= 0.6 is 0 Å². The smallest absolute Gasteiger partial charge is 0.265 e. The molecule has 0 bridgehead atoms. The van der Waals surface area contributed by atoms with E-state index in [1.807, 2.05) is 0 Å². The second kappa shape index (κ2) is 7.21. The molecule has 1 amide bonds. The Hall–Kier alpha value is -3.39. The molecule has 8 heteroatoms. The molecule has 0 saturated heterocycles. The molecule has 0 unspecified atom stereocenters. The minimum Gasteiger partial charge on any atom is -0.495 e. The second-order valence-electron chi connectivity index (χ2n) is 6.42. The number of benzene rings is 3. The van der Waals surface area contributed by atoms with E-state index in [0.717, 1.165) is 4.31 Å². The van der Waals surface area contributed by atoms with Gasteiger partial charge in [-0.1, -0.05) is 30.3 Å². The third kappa shape index (κ3) is 3.31. The number of rotatable bonds is 4. The van der Waals surface area contributed by atoms with Crippen molar-refractivity contribution in [1.29, 1.82) is 0 Å². The van der Waals surface area contributed by atoms with Crippen molar-refractivity contribution >= 4 is 27.3 Å². The average Bonchev–Trinajstić information content (AvgIpc) is 2.72. The molecule has 6 nitrogen and oxygen atoms in total. The van der Waals surface area contributed by atoms with Crippen LogP contribution < -0.4 is 14.4 Å². The number of fused-ring (bicyclic) bond motifs is 3. The van der Waals surface area contributed by atoms with Crippen molar-refractivity contribution in [3.8, 4) is 16.9 Å². The molecule has 0 atom stereocenters. The summed E-state index contributed by atoms with van der Waals surface area (Å²) in [5.74, 6) is -0.584. The maximum Gasteiger partial charge on any atom is 0.265 e. The molecular formula is C21H17FN2O4S. The summed E-state index contributed by atoms with van der Waals surface area (Å²) >= 11 is 0. The number of halogens is 1. The molecule has 1 N–H and O–H groups in total. The fourth-order valence-electron chi connectivity index (χ4n) is 3.34. The standard InChI is InChI=1S/C21H17FN2O4S/c1-28-19-8-4-3-7-17(19)23-21(25)13-24-18-11-10-14(22)12-16(18)15-6-2-5-9-20(15)29(24,26)27/h2-12H,13H2,1H3,(H,23,25). The predicted octanol–water partition coefficient (Wildman–Crippen LogP) is 3.65. The molecule has 29 heavy (non-hydrogen) atoms. The van der Waals surface area contributed by atoms with Crippen LogP contribution in [0.15, 0.2) is 71.6 Å². The lowest BCUT2D eigenvalue weighted by molar-refractivity contribution is -0.114. The number of nitrogens with one attached hydrogen (secondary N) is 1. The molecular weight excluding hydrogens is 395 g/mol. The van der Waals surface area contributed by atoms with Gasteiger partial charge in [0.15, 0.2) is 0 Å². The number of methoxy groups -OCH3 is 1. The third-order valence-electron chi connectivity index (χ3n) is 4.64. The van der Waals surface area contributed by atoms with Gasteiger partial charge in [0.25, 0.3) is 10.0 Å². The van der Waals surface area contributed by atoms with E-state index in [2.05, 4.69) is 5.32 Å². The van der Waals surface area contributed by atoms with Gasteiger partial charge in [-0.3, -0.25) is 9.10 Å². The Morgan fingerprint density at radius 1 is 1.03 bits per heavy atom.